The first-order valence-electron chi connectivity index (χ1n) is 7.98. The number of methoxy groups -OCH3 is 1. The number of hydrogen-bond donors (Lipinski definition) is 0. The molecule has 5 nitrogen and oxygen atoms in total. The van der Waals surface area contributed by atoms with E-state index in [1.165, 1.54) is 11.3 Å². The Kier molecular flexibility index (Phi) is 4.60. The summed E-state index contributed by atoms with van der Waals surface area (Å²) in [7, 11) is 1.56. The van der Waals surface area contributed by atoms with Gasteiger partial charge in [0.1, 0.15) is 6.61 Å². The molecule has 2 heterocycles. The van der Waals surface area contributed by atoms with Crippen molar-refractivity contribution < 1.29 is 9.47 Å². The van der Waals surface area contributed by atoms with Crippen LogP contribution in [0.25, 0.3) is 22.1 Å². The minimum Gasteiger partial charge on any atom is -0.493 e. The molecule has 0 bridgehead atoms. The summed E-state index contributed by atoms with van der Waals surface area (Å²) in [5.74, 6) is 3.50. The van der Waals surface area contributed by atoms with E-state index in [1.807, 2.05) is 30.3 Å². The molecule has 0 saturated carbocycles. The molecule has 4 rings (SSSR count). The molecule has 0 atom stereocenters. The minimum absolute atomic E-state index is 0.0952. The SMILES string of the molecule is C#CCOc1cc(Br)c(C=c2sc3nc4ccccc4n3c2=O)cc1OC. The van der Waals surface area contributed by atoms with Crippen LogP contribution in [0, 0.1) is 12.3 Å². The summed E-state index contributed by atoms with van der Waals surface area (Å²) in [5, 5.41) is 0. The van der Waals surface area contributed by atoms with Crippen LogP contribution in [0.5, 0.6) is 11.5 Å². The average molecular weight is 441 g/mol. The summed E-state index contributed by atoms with van der Waals surface area (Å²) in [6, 6.07) is 11.2. The van der Waals surface area contributed by atoms with Crippen LogP contribution in [0.3, 0.4) is 0 Å². The quantitative estimate of drug-likeness (QED) is 0.457. The lowest BCUT2D eigenvalue weighted by atomic mass is 10.2. The average Bonchev–Trinajstić information content (AvgIpc) is 3.18. The summed E-state index contributed by atoms with van der Waals surface area (Å²) in [6.07, 6.45) is 7.06. The number of fused-ring (bicyclic) bond motifs is 3. The standard InChI is InChI=1S/C20H13BrN2O3S/c1-3-8-26-17-11-13(21)12(9-16(17)25-2)10-18-19(24)23-15-7-5-4-6-14(15)22-20(23)27-18/h1,4-7,9-11H,8H2,2H3. The van der Waals surface area contributed by atoms with Gasteiger partial charge >= 0.3 is 0 Å². The number of aromatic nitrogens is 2. The van der Waals surface area contributed by atoms with Gasteiger partial charge in [-0.2, -0.15) is 0 Å². The maximum absolute atomic E-state index is 12.9. The molecule has 0 amide bonds. The molecule has 4 aromatic rings. The van der Waals surface area contributed by atoms with Crippen molar-refractivity contribution in [2.75, 3.05) is 13.7 Å². The van der Waals surface area contributed by atoms with Crippen LogP contribution in [-0.2, 0) is 0 Å². The van der Waals surface area contributed by atoms with Gasteiger partial charge < -0.3 is 9.47 Å². The van der Waals surface area contributed by atoms with Crippen molar-refractivity contribution >= 4 is 49.3 Å². The van der Waals surface area contributed by atoms with Crippen molar-refractivity contribution in [1.29, 1.82) is 0 Å². The van der Waals surface area contributed by atoms with Crippen LogP contribution in [-0.4, -0.2) is 23.1 Å². The van der Waals surface area contributed by atoms with Crippen LogP contribution in [0.15, 0.2) is 45.7 Å². The third kappa shape index (κ3) is 3.07. The van der Waals surface area contributed by atoms with Crippen molar-refractivity contribution in [2.24, 2.45) is 0 Å². The summed E-state index contributed by atoms with van der Waals surface area (Å²) in [4.78, 5) is 18.1. The summed E-state index contributed by atoms with van der Waals surface area (Å²) in [5.41, 5.74) is 2.32. The highest BCUT2D eigenvalue weighted by molar-refractivity contribution is 9.10. The predicted octanol–water partition coefficient (Wildman–Crippen LogP) is 3.24. The van der Waals surface area contributed by atoms with Crippen LogP contribution in [0.2, 0.25) is 0 Å². The Morgan fingerprint density at radius 1 is 1.33 bits per heavy atom. The zero-order valence-corrected chi connectivity index (χ0v) is 16.6. The van der Waals surface area contributed by atoms with Gasteiger partial charge in [0.15, 0.2) is 16.5 Å². The molecule has 0 N–H and O–H groups in total. The molecular weight excluding hydrogens is 428 g/mol. The van der Waals surface area contributed by atoms with Gasteiger partial charge in [-0.25, -0.2) is 9.38 Å². The van der Waals surface area contributed by atoms with Gasteiger partial charge in [-0.05, 0) is 35.9 Å². The van der Waals surface area contributed by atoms with Crippen LogP contribution in [0.4, 0.5) is 0 Å². The lowest BCUT2D eigenvalue weighted by Gasteiger charge is -2.10. The van der Waals surface area contributed by atoms with E-state index in [2.05, 4.69) is 26.8 Å². The molecule has 2 aromatic carbocycles. The maximum atomic E-state index is 12.9. The largest absolute Gasteiger partial charge is 0.493 e. The topological polar surface area (TPSA) is 52.8 Å². The first kappa shape index (κ1) is 17.6. The van der Waals surface area contributed by atoms with Gasteiger partial charge in [-0.1, -0.05) is 45.3 Å². The van der Waals surface area contributed by atoms with Crippen molar-refractivity contribution in [1.82, 2.24) is 9.38 Å². The Balaban J connectivity index is 1.87. The number of halogens is 1. The monoisotopic (exact) mass is 440 g/mol. The van der Waals surface area contributed by atoms with Gasteiger partial charge in [-0.3, -0.25) is 4.79 Å². The maximum Gasteiger partial charge on any atom is 0.274 e. The number of thiazole rings is 1. The molecular formula is C20H13BrN2O3S. The van der Waals surface area contributed by atoms with Crippen molar-refractivity contribution in [3.63, 3.8) is 0 Å². The molecule has 27 heavy (non-hydrogen) atoms. The highest BCUT2D eigenvalue weighted by Crippen LogP contribution is 2.34. The van der Waals surface area contributed by atoms with Gasteiger partial charge in [0.25, 0.3) is 5.56 Å². The Bertz CT molecular complexity index is 1320. The number of terminal acetylenes is 1. The van der Waals surface area contributed by atoms with E-state index in [0.717, 1.165) is 21.1 Å². The van der Waals surface area contributed by atoms with Gasteiger partial charge in [0.05, 0.1) is 22.7 Å². The van der Waals surface area contributed by atoms with E-state index < -0.39 is 0 Å². The lowest BCUT2D eigenvalue weighted by molar-refractivity contribution is 0.330. The van der Waals surface area contributed by atoms with Gasteiger partial charge in [0.2, 0.25) is 0 Å². The van der Waals surface area contributed by atoms with Crippen LogP contribution >= 0.6 is 27.3 Å². The molecule has 7 heteroatoms. The first-order chi connectivity index (χ1) is 13.1. The zero-order chi connectivity index (χ0) is 19.0. The van der Waals surface area contributed by atoms with E-state index in [0.29, 0.717) is 21.0 Å². The molecule has 0 fully saturated rings. The van der Waals surface area contributed by atoms with E-state index in [9.17, 15) is 4.79 Å². The second-order valence-corrected chi connectivity index (χ2v) is 7.52. The highest BCUT2D eigenvalue weighted by Gasteiger charge is 2.13. The Labute approximate surface area is 167 Å². The number of benzene rings is 2. The second kappa shape index (κ2) is 7.06. The third-order valence-electron chi connectivity index (χ3n) is 4.03. The van der Waals surface area contributed by atoms with Crippen LogP contribution in [0.1, 0.15) is 5.56 Å². The molecule has 0 aliphatic rings. The van der Waals surface area contributed by atoms with Crippen molar-refractivity contribution in [3.8, 4) is 23.8 Å². The second-order valence-electron chi connectivity index (χ2n) is 5.65. The van der Waals surface area contributed by atoms with E-state index in [1.54, 1.807) is 23.6 Å². The minimum atomic E-state index is -0.0952. The number of rotatable bonds is 4. The molecule has 2 aromatic heterocycles. The van der Waals surface area contributed by atoms with E-state index >= 15 is 0 Å². The van der Waals surface area contributed by atoms with Crippen molar-refractivity contribution in [3.05, 3.63) is 61.3 Å². The van der Waals surface area contributed by atoms with Crippen molar-refractivity contribution in [2.45, 2.75) is 0 Å². The molecule has 0 unspecified atom stereocenters. The number of imidazole rings is 1. The summed E-state index contributed by atoms with van der Waals surface area (Å²) < 4.78 is 13.9. The summed E-state index contributed by atoms with van der Waals surface area (Å²) >= 11 is 4.87. The predicted molar refractivity (Wildman–Crippen MR) is 111 cm³/mol. The molecule has 0 aliphatic carbocycles. The number of nitrogens with zero attached hydrogens (tertiary/aromatic N) is 2. The number of hydrogen-bond acceptors (Lipinski definition) is 5. The van der Waals surface area contributed by atoms with E-state index in [4.69, 9.17) is 15.9 Å². The normalized spacial score (nSPS) is 11.8. The fraction of sp³-hybridized carbons (Fsp3) is 0.100. The molecule has 0 radical (unpaired) electrons. The number of para-hydroxylation sites is 2. The molecule has 0 aliphatic heterocycles. The third-order valence-corrected chi connectivity index (χ3v) is 5.68. The summed E-state index contributed by atoms with van der Waals surface area (Å²) in [6.45, 7) is 0.145. The van der Waals surface area contributed by atoms with E-state index in [-0.39, 0.29) is 12.2 Å². The fourth-order valence-electron chi connectivity index (χ4n) is 2.81. The molecule has 0 spiro atoms. The van der Waals surface area contributed by atoms with Crippen LogP contribution < -0.4 is 19.6 Å². The first-order valence-corrected chi connectivity index (χ1v) is 9.59. The lowest BCUT2D eigenvalue weighted by Crippen LogP contribution is -2.22. The zero-order valence-electron chi connectivity index (χ0n) is 14.2. The Hall–Kier alpha value is -2.82. The highest BCUT2D eigenvalue weighted by atomic mass is 79.9. The molecule has 0 saturated heterocycles. The Morgan fingerprint density at radius 3 is 2.93 bits per heavy atom. The number of ether oxygens (including phenoxy) is 2. The fourth-order valence-corrected chi connectivity index (χ4v) is 4.22. The molecule has 134 valence electrons. The van der Waals surface area contributed by atoms with Gasteiger partial charge in [-0.15, -0.1) is 6.42 Å². The Morgan fingerprint density at radius 2 is 2.15 bits per heavy atom. The van der Waals surface area contributed by atoms with Gasteiger partial charge in [0, 0.05) is 4.47 Å². The smallest absolute Gasteiger partial charge is 0.274 e.